The number of fused-ring (bicyclic) bond motifs is 1. The molecule has 0 aliphatic carbocycles. The summed E-state index contributed by atoms with van der Waals surface area (Å²) in [4.78, 5) is 28.8. The van der Waals surface area contributed by atoms with Gasteiger partial charge in [0.15, 0.2) is 0 Å². The molecule has 1 aliphatic rings. The normalized spacial score (nSPS) is 16.8. The zero-order valence-electron chi connectivity index (χ0n) is 15.9. The van der Waals surface area contributed by atoms with Crippen molar-refractivity contribution in [1.29, 1.82) is 0 Å². The van der Waals surface area contributed by atoms with Crippen molar-refractivity contribution in [2.75, 3.05) is 18.0 Å². The van der Waals surface area contributed by atoms with Crippen LogP contribution in [-0.2, 0) is 13.1 Å². The second kappa shape index (κ2) is 7.82. The molecule has 1 fully saturated rings. The summed E-state index contributed by atoms with van der Waals surface area (Å²) in [7, 11) is 0. The van der Waals surface area contributed by atoms with Gasteiger partial charge in [-0.05, 0) is 31.9 Å². The van der Waals surface area contributed by atoms with Crippen molar-refractivity contribution in [2.45, 2.75) is 38.9 Å². The highest BCUT2D eigenvalue weighted by atomic mass is 16.1. The number of piperidine rings is 1. The molecule has 3 aromatic rings. The SMILES string of the molecule is CC#CCn1c(N2CCC[C@@H](N)C2)nc2ccn(Cc3ncccn3)c2c1=O. The van der Waals surface area contributed by atoms with E-state index < -0.39 is 0 Å². The first-order valence-electron chi connectivity index (χ1n) is 9.43. The third-order valence-electron chi connectivity index (χ3n) is 4.94. The highest BCUT2D eigenvalue weighted by molar-refractivity contribution is 5.76. The second-order valence-electron chi connectivity index (χ2n) is 6.92. The molecule has 28 heavy (non-hydrogen) atoms. The van der Waals surface area contributed by atoms with Crippen LogP contribution in [0.4, 0.5) is 5.95 Å². The molecule has 1 atom stereocenters. The zero-order valence-corrected chi connectivity index (χ0v) is 15.9. The number of hydrogen-bond acceptors (Lipinski definition) is 6. The highest BCUT2D eigenvalue weighted by Gasteiger charge is 2.23. The van der Waals surface area contributed by atoms with Crippen molar-refractivity contribution >= 4 is 17.0 Å². The molecule has 0 radical (unpaired) electrons. The van der Waals surface area contributed by atoms with Crippen molar-refractivity contribution < 1.29 is 0 Å². The molecule has 0 spiro atoms. The van der Waals surface area contributed by atoms with Gasteiger partial charge in [-0.1, -0.05) is 5.92 Å². The van der Waals surface area contributed by atoms with Crippen LogP contribution in [0.1, 0.15) is 25.6 Å². The van der Waals surface area contributed by atoms with E-state index in [0.717, 1.165) is 19.4 Å². The summed E-state index contributed by atoms with van der Waals surface area (Å²) in [5.41, 5.74) is 7.24. The van der Waals surface area contributed by atoms with Crippen molar-refractivity contribution in [3.05, 3.63) is 46.9 Å². The lowest BCUT2D eigenvalue weighted by Gasteiger charge is -2.32. The molecule has 144 valence electrons. The molecule has 1 aliphatic heterocycles. The fraction of sp³-hybridized carbons (Fsp3) is 0.400. The van der Waals surface area contributed by atoms with Gasteiger partial charge in [0.05, 0.1) is 18.6 Å². The van der Waals surface area contributed by atoms with Gasteiger partial charge >= 0.3 is 0 Å². The van der Waals surface area contributed by atoms with Gasteiger partial charge in [0.2, 0.25) is 5.95 Å². The Morgan fingerprint density at radius 1 is 1.32 bits per heavy atom. The van der Waals surface area contributed by atoms with Gasteiger partial charge < -0.3 is 15.2 Å². The topological polar surface area (TPSA) is 94.9 Å². The number of rotatable bonds is 4. The zero-order chi connectivity index (χ0) is 19.5. The molecule has 2 N–H and O–H groups in total. The summed E-state index contributed by atoms with van der Waals surface area (Å²) in [6.07, 6.45) is 7.22. The van der Waals surface area contributed by atoms with Crippen LogP contribution in [0.5, 0.6) is 0 Å². The van der Waals surface area contributed by atoms with Crippen LogP contribution in [0.25, 0.3) is 11.0 Å². The number of nitrogens with two attached hydrogens (primary N) is 1. The second-order valence-corrected chi connectivity index (χ2v) is 6.92. The van der Waals surface area contributed by atoms with Crippen LogP contribution in [0.15, 0.2) is 35.5 Å². The van der Waals surface area contributed by atoms with Crippen molar-refractivity contribution in [3.8, 4) is 11.8 Å². The van der Waals surface area contributed by atoms with E-state index in [-0.39, 0.29) is 11.6 Å². The van der Waals surface area contributed by atoms with Crippen LogP contribution in [0.3, 0.4) is 0 Å². The molecule has 0 bridgehead atoms. The lowest BCUT2D eigenvalue weighted by atomic mass is 10.1. The first-order chi connectivity index (χ1) is 13.7. The van der Waals surface area contributed by atoms with E-state index >= 15 is 0 Å². The molecule has 0 saturated carbocycles. The van der Waals surface area contributed by atoms with Crippen LogP contribution in [0.2, 0.25) is 0 Å². The fourth-order valence-electron chi connectivity index (χ4n) is 3.60. The van der Waals surface area contributed by atoms with Gasteiger partial charge in [0, 0.05) is 37.7 Å². The van der Waals surface area contributed by atoms with Gasteiger partial charge in [-0.25, -0.2) is 15.0 Å². The maximum absolute atomic E-state index is 13.4. The summed E-state index contributed by atoms with van der Waals surface area (Å²) in [6, 6.07) is 3.72. The Balaban J connectivity index is 1.82. The standard InChI is InChI=1S/C20H23N7O/c1-2-3-11-27-19(28)18-16(24-20(27)26-10-4-6-15(21)13-26)7-12-25(18)14-17-22-8-5-9-23-17/h5,7-9,12,15H,4,6,10-11,13-14,21H2,1H3/t15-/m1/s1. The molecule has 0 aromatic carbocycles. The Kier molecular flexibility index (Phi) is 5.08. The lowest BCUT2D eigenvalue weighted by molar-refractivity contribution is 0.492. The van der Waals surface area contributed by atoms with Crippen LogP contribution >= 0.6 is 0 Å². The van der Waals surface area contributed by atoms with E-state index in [9.17, 15) is 4.79 Å². The molecule has 0 amide bonds. The first-order valence-corrected chi connectivity index (χ1v) is 9.43. The molecule has 8 heteroatoms. The number of anilines is 1. The van der Waals surface area contributed by atoms with Crippen molar-refractivity contribution in [1.82, 2.24) is 24.1 Å². The largest absolute Gasteiger partial charge is 0.341 e. The summed E-state index contributed by atoms with van der Waals surface area (Å²) >= 11 is 0. The van der Waals surface area contributed by atoms with E-state index in [4.69, 9.17) is 10.7 Å². The van der Waals surface area contributed by atoms with Crippen LogP contribution in [0, 0.1) is 11.8 Å². The third-order valence-corrected chi connectivity index (χ3v) is 4.94. The Bertz CT molecular complexity index is 1090. The molecule has 8 nitrogen and oxygen atoms in total. The van der Waals surface area contributed by atoms with Crippen molar-refractivity contribution in [2.24, 2.45) is 5.73 Å². The fourth-order valence-corrected chi connectivity index (χ4v) is 3.60. The van der Waals surface area contributed by atoms with E-state index in [1.54, 1.807) is 30.0 Å². The number of nitrogens with zero attached hydrogens (tertiary/aromatic N) is 6. The molecular weight excluding hydrogens is 354 g/mol. The molecular formula is C20H23N7O. The highest BCUT2D eigenvalue weighted by Crippen LogP contribution is 2.20. The van der Waals surface area contributed by atoms with Gasteiger partial charge in [0.1, 0.15) is 11.3 Å². The van der Waals surface area contributed by atoms with Crippen LogP contribution in [-0.4, -0.2) is 43.2 Å². The Hall–Kier alpha value is -3.18. The minimum Gasteiger partial charge on any atom is -0.341 e. The molecule has 4 rings (SSSR count). The van der Waals surface area contributed by atoms with Gasteiger partial charge in [0.25, 0.3) is 5.56 Å². The minimum atomic E-state index is -0.108. The Morgan fingerprint density at radius 2 is 2.14 bits per heavy atom. The maximum atomic E-state index is 13.4. The molecule has 1 saturated heterocycles. The van der Waals surface area contributed by atoms with E-state index in [0.29, 0.717) is 42.4 Å². The quantitative estimate of drug-likeness (QED) is 0.681. The van der Waals surface area contributed by atoms with E-state index in [2.05, 4.69) is 26.7 Å². The molecule has 0 unspecified atom stereocenters. The van der Waals surface area contributed by atoms with Crippen LogP contribution < -0.4 is 16.2 Å². The van der Waals surface area contributed by atoms with Gasteiger partial charge in [-0.3, -0.25) is 9.36 Å². The first kappa shape index (κ1) is 18.2. The average Bonchev–Trinajstić information content (AvgIpc) is 3.11. The Labute approximate surface area is 163 Å². The van der Waals surface area contributed by atoms with E-state index in [1.165, 1.54) is 0 Å². The third kappa shape index (κ3) is 3.49. The van der Waals surface area contributed by atoms with Gasteiger partial charge in [-0.2, -0.15) is 0 Å². The monoisotopic (exact) mass is 377 g/mol. The smallest absolute Gasteiger partial charge is 0.280 e. The Morgan fingerprint density at radius 3 is 2.89 bits per heavy atom. The van der Waals surface area contributed by atoms with Gasteiger partial charge in [-0.15, -0.1) is 5.92 Å². The predicted octanol–water partition coefficient (Wildman–Crippen LogP) is 0.987. The summed E-state index contributed by atoms with van der Waals surface area (Å²) in [5.74, 6) is 7.16. The predicted molar refractivity (Wildman–Crippen MR) is 108 cm³/mol. The summed E-state index contributed by atoms with van der Waals surface area (Å²) in [6.45, 7) is 4.00. The minimum absolute atomic E-state index is 0.0897. The molecule has 4 heterocycles. The summed E-state index contributed by atoms with van der Waals surface area (Å²) < 4.78 is 3.50. The average molecular weight is 377 g/mol. The van der Waals surface area contributed by atoms with Crippen molar-refractivity contribution in [3.63, 3.8) is 0 Å². The number of hydrogen-bond donors (Lipinski definition) is 1. The summed E-state index contributed by atoms with van der Waals surface area (Å²) in [5, 5.41) is 0. The lowest BCUT2D eigenvalue weighted by Crippen LogP contribution is -2.45. The molecule has 3 aromatic heterocycles. The maximum Gasteiger partial charge on any atom is 0.280 e. The van der Waals surface area contributed by atoms with E-state index in [1.807, 2.05) is 16.8 Å². The number of aromatic nitrogens is 5.